The molecule has 5 rings (SSSR count). The number of cyclic esters (lactones) is 1. The van der Waals surface area contributed by atoms with E-state index in [2.05, 4.69) is 11.4 Å². The summed E-state index contributed by atoms with van der Waals surface area (Å²) >= 11 is 0. The number of amides is 2. The number of fused-ring (bicyclic) bond motifs is 1. The Hall–Kier alpha value is -4.23. The number of aliphatic hydroxyl groups is 1. The Bertz CT molecular complexity index is 1440. The number of hydrogen-bond donors (Lipinski definition) is 2. The molecule has 236 valence electrons. The second-order valence-electron chi connectivity index (χ2n) is 12.3. The van der Waals surface area contributed by atoms with Crippen LogP contribution in [0.4, 0.5) is 0 Å². The van der Waals surface area contributed by atoms with E-state index in [0.717, 1.165) is 35.1 Å². The molecular weight excluding hydrogens is 564 g/mol. The zero-order valence-electron chi connectivity index (χ0n) is 25.9. The Morgan fingerprint density at radius 1 is 0.844 bits per heavy atom. The smallest absolute Gasteiger partial charge is 0.309 e. The van der Waals surface area contributed by atoms with Crippen molar-refractivity contribution in [1.29, 1.82) is 0 Å². The quantitative estimate of drug-likeness (QED) is 0.284. The number of hydrogen-bond acceptors (Lipinski definition) is 5. The fraction of sp³-hybridized carbons (Fsp3) is 0.395. The standard InChI is InChI=1S/C38H44N2O5/c41-26-35-23-30-17-11-12-20-33(30)25-40(35)36(42)24-31-18-9-1-2-10-19-32(21-28-13-5-3-6-14-28)38(44)45-27-34(39-37(31)43)22-29-15-7-4-8-16-29/h1,3-9,11-17,20,31-32,34-35,41H,2,10,18-19,21-27H2,(H,39,43). The Balaban J connectivity index is 1.33. The van der Waals surface area contributed by atoms with Crippen LogP contribution in [-0.2, 0) is 44.9 Å². The second-order valence-corrected chi connectivity index (χ2v) is 12.3. The van der Waals surface area contributed by atoms with E-state index in [0.29, 0.717) is 38.6 Å². The van der Waals surface area contributed by atoms with Gasteiger partial charge in [0, 0.05) is 13.0 Å². The van der Waals surface area contributed by atoms with Crippen molar-refractivity contribution in [3.05, 3.63) is 119 Å². The summed E-state index contributed by atoms with van der Waals surface area (Å²) in [5.74, 6) is -1.49. The summed E-state index contributed by atoms with van der Waals surface area (Å²) in [6.07, 6.45) is 8.49. The number of carbonyl (C=O) groups excluding carboxylic acids is 3. The van der Waals surface area contributed by atoms with Crippen LogP contribution in [-0.4, -0.2) is 53.1 Å². The number of aliphatic hydroxyl groups excluding tert-OH is 1. The first kappa shape index (κ1) is 32.2. The van der Waals surface area contributed by atoms with Gasteiger partial charge in [-0.2, -0.15) is 0 Å². The average molecular weight is 609 g/mol. The number of allylic oxidation sites excluding steroid dienone is 2. The molecule has 3 aromatic carbocycles. The van der Waals surface area contributed by atoms with Gasteiger partial charge in [-0.15, -0.1) is 0 Å². The molecule has 7 nitrogen and oxygen atoms in total. The molecule has 0 saturated carbocycles. The first-order valence-electron chi connectivity index (χ1n) is 16.2. The first-order valence-corrected chi connectivity index (χ1v) is 16.2. The lowest BCUT2D eigenvalue weighted by Crippen LogP contribution is -2.48. The van der Waals surface area contributed by atoms with Gasteiger partial charge >= 0.3 is 5.97 Å². The number of nitrogens with zero attached hydrogens (tertiary/aromatic N) is 1. The molecule has 2 amide bonds. The topological polar surface area (TPSA) is 95.9 Å². The molecule has 2 heterocycles. The Morgan fingerprint density at radius 3 is 2.22 bits per heavy atom. The van der Waals surface area contributed by atoms with Crippen molar-refractivity contribution in [2.45, 2.75) is 70.0 Å². The summed E-state index contributed by atoms with van der Waals surface area (Å²) in [5.41, 5.74) is 4.33. The maximum absolute atomic E-state index is 13.8. The number of nitrogens with one attached hydrogen (secondary N) is 1. The minimum absolute atomic E-state index is 0.0336. The van der Waals surface area contributed by atoms with E-state index >= 15 is 0 Å². The molecule has 45 heavy (non-hydrogen) atoms. The van der Waals surface area contributed by atoms with Crippen LogP contribution in [0.25, 0.3) is 0 Å². The Morgan fingerprint density at radius 2 is 1.51 bits per heavy atom. The van der Waals surface area contributed by atoms with Crippen molar-refractivity contribution in [3.63, 3.8) is 0 Å². The van der Waals surface area contributed by atoms with Gasteiger partial charge in [0.2, 0.25) is 11.8 Å². The van der Waals surface area contributed by atoms with Gasteiger partial charge in [-0.1, -0.05) is 97.1 Å². The van der Waals surface area contributed by atoms with Crippen molar-refractivity contribution < 1.29 is 24.2 Å². The van der Waals surface area contributed by atoms with Crippen molar-refractivity contribution >= 4 is 17.8 Å². The molecule has 2 aliphatic rings. The fourth-order valence-electron chi connectivity index (χ4n) is 6.39. The van der Waals surface area contributed by atoms with Gasteiger partial charge in [0.1, 0.15) is 6.61 Å². The van der Waals surface area contributed by atoms with E-state index in [9.17, 15) is 19.5 Å². The first-order chi connectivity index (χ1) is 22.0. The van der Waals surface area contributed by atoms with Gasteiger partial charge in [0.15, 0.2) is 0 Å². The summed E-state index contributed by atoms with van der Waals surface area (Å²) < 4.78 is 5.90. The van der Waals surface area contributed by atoms with Gasteiger partial charge in [0.05, 0.1) is 30.5 Å². The van der Waals surface area contributed by atoms with Crippen molar-refractivity contribution in [3.8, 4) is 0 Å². The van der Waals surface area contributed by atoms with Crippen LogP contribution in [0.5, 0.6) is 0 Å². The molecule has 0 aromatic heterocycles. The Labute approximate surface area is 266 Å². The fourth-order valence-corrected chi connectivity index (χ4v) is 6.39. The third-order valence-electron chi connectivity index (χ3n) is 8.95. The molecular formula is C38H44N2O5. The third-order valence-corrected chi connectivity index (χ3v) is 8.95. The van der Waals surface area contributed by atoms with Crippen LogP contribution in [0.1, 0.15) is 54.4 Å². The van der Waals surface area contributed by atoms with Crippen molar-refractivity contribution in [2.75, 3.05) is 13.2 Å². The number of benzene rings is 3. The molecule has 7 heteroatoms. The summed E-state index contributed by atoms with van der Waals surface area (Å²) in [6.45, 7) is 0.338. The predicted octanol–water partition coefficient (Wildman–Crippen LogP) is 5.20. The monoisotopic (exact) mass is 608 g/mol. The molecule has 0 saturated heterocycles. The predicted molar refractivity (Wildman–Crippen MR) is 174 cm³/mol. The third kappa shape index (κ3) is 9.14. The maximum Gasteiger partial charge on any atom is 0.309 e. The molecule has 4 unspecified atom stereocenters. The lowest BCUT2D eigenvalue weighted by molar-refractivity contribution is -0.150. The molecule has 0 aliphatic carbocycles. The molecule has 0 radical (unpaired) electrons. The van der Waals surface area contributed by atoms with Crippen molar-refractivity contribution in [2.24, 2.45) is 11.8 Å². The van der Waals surface area contributed by atoms with Crippen LogP contribution < -0.4 is 5.32 Å². The van der Waals surface area contributed by atoms with Gasteiger partial charge in [-0.05, 0) is 67.2 Å². The molecule has 0 bridgehead atoms. The molecule has 0 fully saturated rings. The highest BCUT2D eigenvalue weighted by Gasteiger charge is 2.33. The van der Waals surface area contributed by atoms with Crippen LogP contribution >= 0.6 is 0 Å². The zero-order valence-corrected chi connectivity index (χ0v) is 25.9. The number of rotatable bonds is 7. The van der Waals surface area contributed by atoms with Gasteiger partial charge in [-0.3, -0.25) is 14.4 Å². The number of carbonyl (C=O) groups is 3. The minimum atomic E-state index is -0.590. The van der Waals surface area contributed by atoms with E-state index < -0.39 is 12.0 Å². The van der Waals surface area contributed by atoms with Crippen LogP contribution in [0.15, 0.2) is 97.1 Å². The highest BCUT2D eigenvalue weighted by molar-refractivity contribution is 5.86. The second kappa shape index (κ2) is 16.2. The highest BCUT2D eigenvalue weighted by atomic mass is 16.5. The lowest BCUT2D eigenvalue weighted by Gasteiger charge is -2.36. The average Bonchev–Trinajstić information content (AvgIpc) is 3.07. The zero-order chi connectivity index (χ0) is 31.4. The molecule has 4 atom stereocenters. The van der Waals surface area contributed by atoms with Crippen LogP contribution in [0, 0.1) is 11.8 Å². The molecule has 2 N–H and O–H groups in total. The summed E-state index contributed by atoms with van der Waals surface area (Å²) in [4.78, 5) is 42.6. The number of esters is 1. The van der Waals surface area contributed by atoms with Crippen LogP contribution in [0.3, 0.4) is 0 Å². The van der Waals surface area contributed by atoms with E-state index in [1.54, 1.807) is 4.90 Å². The normalized spacial score (nSPS) is 22.9. The van der Waals surface area contributed by atoms with E-state index in [4.69, 9.17) is 4.74 Å². The summed E-state index contributed by atoms with van der Waals surface area (Å²) in [7, 11) is 0. The summed E-state index contributed by atoms with van der Waals surface area (Å²) in [6, 6.07) is 27.0. The molecule has 2 aliphatic heterocycles. The van der Waals surface area contributed by atoms with E-state index in [-0.39, 0.29) is 49.4 Å². The molecule has 3 aromatic rings. The highest BCUT2D eigenvalue weighted by Crippen LogP contribution is 2.26. The minimum Gasteiger partial charge on any atom is -0.463 e. The molecule has 0 spiro atoms. The largest absolute Gasteiger partial charge is 0.463 e. The SMILES string of the molecule is O=C1NC(Cc2ccccc2)COC(=O)C(Cc2ccccc2)CCCC=CCC1CC(=O)N1Cc2ccccc2CC1CO. The van der Waals surface area contributed by atoms with Crippen molar-refractivity contribution in [1.82, 2.24) is 10.2 Å². The van der Waals surface area contributed by atoms with Crippen LogP contribution in [0.2, 0.25) is 0 Å². The van der Waals surface area contributed by atoms with E-state index in [1.165, 1.54) is 0 Å². The van der Waals surface area contributed by atoms with Gasteiger partial charge in [0.25, 0.3) is 0 Å². The summed E-state index contributed by atoms with van der Waals surface area (Å²) in [5, 5.41) is 13.3. The number of ether oxygens (including phenoxy) is 1. The van der Waals surface area contributed by atoms with Gasteiger partial charge in [-0.25, -0.2) is 0 Å². The van der Waals surface area contributed by atoms with Gasteiger partial charge < -0.3 is 20.1 Å². The van der Waals surface area contributed by atoms with E-state index in [1.807, 2.05) is 91.0 Å². The maximum atomic E-state index is 13.8. The lowest BCUT2D eigenvalue weighted by atomic mass is 9.92. The Kier molecular flexibility index (Phi) is 11.6.